The molecule has 0 aromatic carbocycles. The van der Waals surface area contributed by atoms with E-state index in [4.69, 9.17) is 0 Å². The van der Waals surface area contributed by atoms with Crippen LogP contribution in [0.25, 0.3) is 0 Å². The van der Waals surface area contributed by atoms with Gasteiger partial charge >= 0.3 is 0 Å². The minimum absolute atomic E-state index is 0.413. The highest BCUT2D eigenvalue weighted by Gasteiger charge is 2.10. The number of thiophene rings is 1. The SMILES string of the molecule is CCNC(CCc1cccs1)c1cccnc1. The van der Waals surface area contributed by atoms with E-state index >= 15 is 0 Å². The summed E-state index contributed by atoms with van der Waals surface area (Å²) in [6.07, 6.45) is 6.04. The maximum absolute atomic E-state index is 4.20. The summed E-state index contributed by atoms with van der Waals surface area (Å²) in [5.41, 5.74) is 1.28. The molecule has 0 saturated heterocycles. The predicted octanol–water partition coefficient (Wildman–Crippen LogP) is 3.43. The topological polar surface area (TPSA) is 24.9 Å². The lowest BCUT2D eigenvalue weighted by Crippen LogP contribution is -2.21. The fourth-order valence-electron chi connectivity index (χ4n) is 1.96. The van der Waals surface area contributed by atoms with Crippen LogP contribution in [0, 0.1) is 0 Å². The van der Waals surface area contributed by atoms with Gasteiger partial charge in [0, 0.05) is 23.3 Å². The molecule has 0 amide bonds. The van der Waals surface area contributed by atoms with Crippen molar-refractivity contribution >= 4 is 11.3 Å². The molecular weight excluding hydrogens is 228 g/mol. The van der Waals surface area contributed by atoms with Crippen molar-refractivity contribution in [3.63, 3.8) is 0 Å². The number of nitrogens with one attached hydrogen (secondary N) is 1. The van der Waals surface area contributed by atoms with Crippen LogP contribution in [-0.4, -0.2) is 11.5 Å². The summed E-state index contributed by atoms with van der Waals surface area (Å²) in [6.45, 7) is 3.14. The highest BCUT2D eigenvalue weighted by Crippen LogP contribution is 2.20. The van der Waals surface area contributed by atoms with Crippen molar-refractivity contribution in [1.82, 2.24) is 10.3 Å². The van der Waals surface area contributed by atoms with Gasteiger partial charge in [-0.05, 0) is 42.5 Å². The smallest absolute Gasteiger partial charge is 0.0338 e. The van der Waals surface area contributed by atoms with Gasteiger partial charge in [-0.3, -0.25) is 4.98 Å². The second-order valence-corrected chi connectivity index (χ2v) is 5.05. The quantitative estimate of drug-likeness (QED) is 0.844. The Morgan fingerprint density at radius 3 is 2.94 bits per heavy atom. The molecule has 0 aliphatic rings. The molecule has 0 saturated carbocycles. The molecular formula is C14H18N2S. The molecule has 0 radical (unpaired) electrons. The van der Waals surface area contributed by atoms with Crippen LogP contribution in [0.15, 0.2) is 42.0 Å². The van der Waals surface area contributed by atoms with E-state index in [-0.39, 0.29) is 0 Å². The van der Waals surface area contributed by atoms with Crippen LogP contribution in [0.3, 0.4) is 0 Å². The zero-order chi connectivity index (χ0) is 11.9. The van der Waals surface area contributed by atoms with Crippen molar-refractivity contribution in [3.05, 3.63) is 52.5 Å². The minimum Gasteiger partial charge on any atom is -0.310 e. The Morgan fingerprint density at radius 2 is 2.29 bits per heavy atom. The molecule has 90 valence electrons. The van der Waals surface area contributed by atoms with Crippen molar-refractivity contribution in [1.29, 1.82) is 0 Å². The van der Waals surface area contributed by atoms with E-state index in [0.29, 0.717) is 6.04 Å². The Labute approximate surface area is 107 Å². The van der Waals surface area contributed by atoms with Gasteiger partial charge in [-0.15, -0.1) is 11.3 Å². The lowest BCUT2D eigenvalue weighted by Gasteiger charge is -2.17. The van der Waals surface area contributed by atoms with Crippen molar-refractivity contribution in [2.24, 2.45) is 0 Å². The number of rotatable bonds is 6. The van der Waals surface area contributed by atoms with E-state index in [9.17, 15) is 0 Å². The fourth-order valence-corrected chi connectivity index (χ4v) is 2.68. The molecule has 1 unspecified atom stereocenters. The zero-order valence-electron chi connectivity index (χ0n) is 10.1. The van der Waals surface area contributed by atoms with Crippen LogP contribution in [-0.2, 0) is 6.42 Å². The largest absolute Gasteiger partial charge is 0.310 e. The van der Waals surface area contributed by atoms with Crippen molar-refractivity contribution < 1.29 is 0 Å². The summed E-state index contributed by atoms with van der Waals surface area (Å²) in [6, 6.07) is 8.89. The van der Waals surface area contributed by atoms with Gasteiger partial charge in [0.05, 0.1) is 0 Å². The molecule has 0 aliphatic carbocycles. The van der Waals surface area contributed by atoms with E-state index in [2.05, 4.69) is 40.8 Å². The Hall–Kier alpha value is -1.19. The standard InChI is InChI=1S/C14H18N2S/c1-2-16-14(12-5-3-9-15-11-12)8-7-13-6-4-10-17-13/h3-6,9-11,14,16H,2,7-8H2,1H3. The van der Waals surface area contributed by atoms with Gasteiger partial charge in [0.2, 0.25) is 0 Å². The van der Waals surface area contributed by atoms with E-state index < -0.39 is 0 Å². The molecule has 1 atom stereocenters. The molecule has 2 aromatic heterocycles. The summed E-state index contributed by atoms with van der Waals surface area (Å²) in [5, 5.41) is 5.67. The van der Waals surface area contributed by atoms with Gasteiger partial charge < -0.3 is 5.32 Å². The Balaban J connectivity index is 1.98. The summed E-state index contributed by atoms with van der Waals surface area (Å²) >= 11 is 1.83. The third-order valence-corrected chi connectivity index (χ3v) is 3.73. The number of hydrogen-bond donors (Lipinski definition) is 1. The van der Waals surface area contributed by atoms with Crippen molar-refractivity contribution in [2.75, 3.05) is 6.54 Å². The van der Waals surface area contributed by atoms with E-state index in [1.165, 1.54) is 10.4 Å². The van der Waals surface area contributed by atoms with Crippen LogP contribution in [0.4, 0.5) is 0 Å². The predicted molar refractivity (Wildman–Crippen MR) is 73.3 cm³/mol. The molecule has 3 heteroatoms. The van der Waals surface area contributed by atoms with E-state index in [1.807, 2.05) is 29.8 Å². The second-order valence-electron chi connectivity index (χ2n) is 4.01. The van der Waals surface area contributed by atoms with Gasteiger partial charge in [0.15, 0.2) is 0 Å². The van der Waals surface area contributed by atoms with E-state index in [0.717, 1.165) is 19.4 Å². The summed E-state index contributed by atoms with van der Waals surface area (Å²) < 4.78 is 0. The first-order chi connectivity index (χ1) is 8.40. The van der Waals surface area contributed by atoms with Crippen LogP contribution in [0.1, 0.15) is 29.8 Å². The highest BCUT2D eigenvalue weighted by molar-refractivity contribution is 7.09. The maximum Gasteiger partial charge on any atom is 0.0338 e. The number of pyridine rings is 1. The first-order valence-corrected chi connectivity index (χ1v) is 6.94. The zero-order valence-corrected chi connectivity index (χ0v) is 10.9. The minimum atomic E-state index is 0.413. The molecule has 0 spiro atoms. The first-order valence-electron chi connectivity index (χ1n) is 6.06. The summed E-state index contributed by atoms with van der Waals surface area (Å²) in [7, 11) is 0. The summed E-state index contributed by atoms with van der Waals surface area (Å²) in [4.78, 5) is 5.65. The molecule has 2 nitrogen and oxygen atoms in total. The van der Waals surface area contributed by atoms with Crippen molar-refractivity contribution in [3.8, 4) is 0 Å². The van der Waals surface area contributed by atoms with Crippen LogP contribution in [0.5, 0.6) is 0 Å². The summed E-state index contributed by atoms with van der Waals surface area (Å²) in [5.74, 6) is 0. The third kappa shape index (κ3) is 3.65. The number of hydrogen-bond acceptors (Lipinski definition) is 3. The van der Waals surface area contributed by atoms with Gasteiger partial charge in [-0.25, -0.2) is 0 Å². The molecule has 0 bridgehead atoms. The first kappa shape index (κ1) is 12.3. The average molecular weight is 246 g/mol. The third-order valence-electron chi connectivity index (χ3n) is 2.80. The second kappa shape index (κ2) is 6.52. The van der Waals surface area contributed by atoms with Gasteiger partial charge in [-0.1, -0.05) is 19.1 Å². The monoisotopic (exact) mass is 246 g/mol. The normalized spacial score (nSPS) is 12.5. The van der Waals surface area contributed by atoms with E-state index in [1.54, 1.807) is 0 Å². The Kier molecular flexibility index (Phi) is 4.71. The molecule has 0 fully saturated rings. The fraction of sp³-hybridized carbons (Fsp3) is 0.357. The molecule has 2 rings (SSSR count). The Bertz CT molecular complexity index is 411. The molecule has 0 aliphatic heterocycles. The highest BCUT2D eigenvalue weighted by atomic mass is 32.1. The number of aryl methyl sites for hydroxylation is 1. The van der Waals surface area contributed by atoms with Crippen molar-refractivity contribution in [2.45, 2.75) is 25.8 Å². The Morgan fingerprint density at radius 1 is 1.35 bits per heavy atom. The number of aromatic nitrogens is 1. The van der Waals surface area contributed by atoms with Crippen LogP contribution < -0.4 is 5.32 Å². The van der Waals surface area contributed by atoms with Crippen LogP contribution >= 0.6 is 11.3 Å². The van der Waals surface area contributed by atoms with Gasteiger partial charge in [0.1, 0.15) is 0 Å². The molecule has 1 N–H and O–H groups in total. The molecule has 2 heterocycles. The lowest BCUT2D eigenvalue weighted by atomic mass is 10.0. The number of nitrogens with zero attached hydrogens (tertiary/aromatic N) is 1. The van der Waals surface area contributed by atoms with Gasteiger partial charge in [0.25, 0.3) is 0 Å². The molecule has 2 aromatic rings. The molecule has 17 heavy (non-hydrogen) atoms. The van der Waals surface area contributed by atoms with Gasteiger partial charge in [-0.2, -0.15) is 0 Å². The maximum atomic E-state index is 4.20. The average Bonchev–Trinajstić information content (AvgIpc) is 2.88. The van der Waals surface area contributed by atoms with Crippen LogP contribution in [0.2, 0.25) is 0 Å². The lowest BCUT2D eigenvalue weighted by molar-refractivity contribution is 0.515.